The number of hydrogen-bond donors (Lipinski definition) is 0. The molecule has 0 saturated heterocycles. The molecule has 0 atom stereocenters. The average Bonchev–Trinajstić information content (AvgIpc) is 2.79. The zero-order valence-corrected chi connectivity index (χ0v) is 25.7. The maximum atomic E-state index is 12.8. The van der Waals surface area contributed by atoms with Crippen LogP contribution in [0.2, 0.25) is 0 Å². The Morgan fingerprint density at radius 3 is 1.19 bits per heavy atom. The Balaban J connectivity index is 0.00000612. The lowest BCUT2D eigenvalue weighted by molar-refractivity contribution is -0.882. The van der Waals surface area contributed by atoms with Gasteiger partial charge in [0.05, 0.1) is 41.4 Å². The van der Waals surface area contributed by atoms with Crippen molar-refractivity contribution < 1.29 is 62.0 Å². The van der Waals surface area contributed by atoms with Gasteiger partial charge in [-0.15, -0.1) is 0 Å². The lowest BCUT2D eigenvalue weighted by Crippen LogP contribution is -3.00. The number of likely N-dealkylation sites (N-methyl/N-ethyl adjacent to an activating group) is 2. The smallest absolute Gasteiger partial charge is 0.216 e. The lowest BCUT2D eigenvalue weighted by Gasteiger charge is -2.28. The summed E-state index contributed by atoms with van der Waals surface area (Å²) >= 11 is 0. The van der Waals surface area contributed by atoms with Crippen LogP contribution in [0.1, 0.15) is 34.6 Å². The van der Waals surface area contributed by atoms with Gasteiger partial charge in [-0.2, -0.15) is 0 Å². The molecule has 2 rings (SSSR count). The number of nitrogens with zero attached hydrogens (tertiary/aromatic N) is 2. The van der Waals surface area contributed by atoms with Crippen LogP contribution in [-0.2, 0) is 9.47 Å². The van der Waals surface area contributed by atoms with Gasteiger partial charge in [-0.1, -0.05) is 48.5 Å². The minimum Gasteiger partial charge on any atom is -1.00 e. The Morgan fingerprint density at radius 2 is 0.917 bits per heavy atom. The molecule has 0 N–H and O–H groups in total. The Morgan fingerprint density at radius 1 is 0.611 bits per heavy atom. The van der Waals surface area contributed by atoms with Crippen LogP contribution in [0.5, 0.6) is 0 Å². The monoisotopic (exact) mass is 628 g/mol. The van der Waals surface area contributed by atoms with Crippen molar-refractivity contribution in [3.8, 4) is 11.1 Å². The number of ketones is 2. The molecular formula is C28H42Br2N2O4. The number of hydrogen-bond acceptors (Lipinski definition) is 4. The fraction of sp³-hybridized carbons (Fsp3) is 0.500. The van der Waals surface area contributed by atoms with E-state index in [1.807, 2.05) is 90.6 Å². The molecule has 0 spiro atoms. The molecular weight excluding hydrogens is 588 g/mol. The van der Waals surface area contributed by atoms with Gasteiger partial charge in [0.1, 0.15) is 26.2 Å². The summed E-state index contributed by atoms with van der Waals surface area (Å²) in [5.41, 5.74) is 3.47. The number of halogens is 2. The van der Waals surface area contributed by atoms with Crippen molar-refractivity contribution in [3.05, 3.63) is 59.7 Å². The highest BCUT2D eigenvalue weighted by molar-refractivity contribution is 5.98. The van der Waals surface area contributed by atoms with Gasteiger partial charge in [-0.05, 0) is 25.0 Å². The molecule has 0 aliphatic rings. The van der Waals surface area contributed by atoms with Crippen LogP contribution in [-0.4, -0.2) is 101 Å². The summed E-state index contributed by atoms with van der Waals surface area (Å²) in [5, 5.41) is 0. The highest BCUT2D eigenvalue weighted by atomic mass is 79.9. The third kappa shape index (κ3) is 11.8. The van der Waals surface area contributed by atoms with E-state index in [2.05, 4.69) is 0 Å². The minimum atomic E-state index is 0. The second-order valence-electron chi connectivity index (χ2n) is 10.0. The zero-order valence-electron chi connectivity index (χ0n) is 22.6. The van der Waals surface area contributed by atoms with Crippen molar-refractivity contribution in [3.63, 3.8) is 0 Å². The summed E-state index contributed by atoms with van der Waals surface area (Å²) in [7, 11) is 8.19. The maximum absolute atomic E-state index is 12.8. The molecule has 0 aliphatic heterocycles. The van der Waals surface area contributed by atoms with E-state index in [4.69, 9.17) is 9.47 Å². The number of rotatable bonds is 15. The van der Waals surface area contributed by atoms with E-state index in [1.165, 1.54) is 0 Å². The largest absolute Gasteiger partial charge is 1.00 e. The third-order valence-corrected chi connectivity index (χ3v) is 5.98. The molecule has 0 fully saturated rings. The van der Waals surface area contributed by atoms with Gasteiger partial charge < -0.3 is 52.4 Å². The van der Waals surface area contributed by atoms with Gasteiger partial charge in [0.25, 0.3) is 0 Å². The van der Waals surface area contributed by atoms with E-state index in [1.54, 1.807) is 0 Å². The predicted octanol–water partition coefficient (Wildman–Crippen LogP) is -2.05. The first-order valence-corrected chi connectivity index (χ1v) is 12.1. The van der Waals surface area contributed by atoms with E-state index < -0.39 is 0 Å². The molecule has 0 amide bonds. The van der Waals surface area contributed by atoms with Crippen molar-refractivity contribution in [2.75, 3.05) is 80.8 Å². The van der Waals surface area contributed by atoms with Crippen LogP contribution < -0.4 is 34.0 Å². The summed E-state index contributed by atoms with van der Waals surface area (Å²) < 4.78 is 12.1. The molecule has 2 aromatic carbocycles. The molecule has 0 radical (unpaired) electrons. The van der Waals surface area contributed by atoms with E-state index in [9.17, 15) is 9.59 Å². The Bertz CT molecular complexity index is 852. The molecule has 0 aliphatic carbocycles. The van der Waals surface area contributed by atoms with Crippen LogP contribution in [0.4, 0.5) is 0 Å². The zero-order chi connectivity index (χ0) is 25.2. The Kier molecular flexibility index (Phi) is 15.8. The first kappa shape index (κ1) is 34.6. The standard InChI is InChI=1S/C28H42N2O4.2BrH/c1-7-33-19-17-29(3,4)21-27(31)25-13-9-23(10-14-25)24-11-15-26(16-12-24)28(32)22-30(5,6)18-20-34-8-2;;/h9-16H,7-8,17-22H2,1-6H3;2*1H/q+2;;/p-2. The summed E-state index contributed by atoms with van der Waals surface area (Å²) in [6.07, 6.45) is 0. The fourth-order valence-corrected chi connectivity index (χ4v) is 3.73. The van der Waals surface area contributed by atoms with Crippen molar-refractivity contribution >= 4 is 11.6 Å². The van der Waals surface area contributed by atoms with Gasteiger partial charge >= 0.3 is 0 Å². The van der Waals surface area contributed by atoms with Crippen LogP contribution in [0.25, 0.3) is 11.1 Å². The van der Waals surface area contributed by atoms with Crippen LogP contribution >= 0.6 is 0 Å². The van der Waals surface area contributed by atoms with Gasteiger partial charge in [0, 0.05) is 24.3 Å². The van der Waals surface area contributed by atoms with Crippen LogP contribution in [0, 0.1) is 0 Å². The molecule has 0 saturated carbocycles. The number of ether oxygens (including phenoxy) is 2. The number of benzene rings is 2. The Hall–Kier alpha value is -1.42. The van der Waals surface area contributed by atoms with E-state index in [-0.39, 0.29) is 45.5 Å². The summed E-state index contributed by atoms with van der Waals surface area (Å²) in [5.74, 6) is 0.248. The minimum absolute atomic E-state index is 0. The number of carbonyl (C=O) groups excluding carboxylic acids is 2. The van der Waals surface area contributed by atoms with E-state index in [0.29, 0.717) is 59.6 Å². The van der Waals surface area contributed by atoms with Gasteiger partial charge in [-0.3, -0.25) is 9.59 Å². The van der Waals surface area contributed by atoms with Crippen LogP contribution in [0.15, 0.2) is 48.5 Å². The lowest BCUT2D eigenvalue weighted by atomic mass is 10.00. The quantitative estimate of drug-likeness (QED) is 0.129. The summed E-state index contributed by atoms with van der Waals surface area (Å²) in [4.78, 5) is 25.5. The molecule has 6 nitrogen and oxygen atoms in total. The second kappa shape index (κ2) is 16.4. The molecule has 0 aromatic heterocycles. The van der Waals surface area contributed by atoms with Crippen LogP contribution in [0.3, 0.4) is 0 Å². The predicted molar refractivity (Wildman–Crippen MR) is 137 cm³/mol. The van der Waals surface area contributed by atoms with E-state index in [0.717, 1.165) is 24.2 Å². The number of carbonyl (C=O) groups is 2. The molecule has 2 aromatic rings. The molecule has 0 bridgehead atoms. The Labute approximate surface area is 238 Å². The highest BCUT2D eigenvalue weighted by Crippen LogP contribution is 2.21. The molecule has 202 valence electrons. The molecule has 0 heterocycles. The third-order valence-electron chi connectivity index (χ3n) is 5.98. The average molecular weight is 630 g/mol. The molecule has 8 heteroatoms. The highest BCUT2D eigenvalue weighted by Gasteiger charge is 2.22. The molecule has 36 heavy (non-hydrogen) atoms. The number of quaternary nitrogens is 2. The second-order valence-corrected chi connectivity index (χ2v) is 10.0. The first-order chi connectivity index (χ1) is 16.1. The van der Waals surface area contributed by atoms with Gasteiger partial charge in [-0.25, -0.2) is 0 Å². The normalized spacial score (nSPS) is 11.4. The van der Waals surface area contributed by atoms with E-state index >= 15 is 0 Å². The van der Waals surface area contributed by atoms with Gasteiger partial charge in [0.2, 0.25) is 11.6 Å². The van der Waals surface area contributed by atoms with Crippen molar-refractivity contribution in [1.82, 2.24) is 0 Å². The van der Waals surface area contributed by atoms with Crippen molar-refractivity contribution in [1.29, 1.82) is 0 Å². The summed E-state index contributed by atoms with van der Waals surface area (Å²) in [6, 6.07) is 15.4. The molecule has 0 unspecified atom stereocenters. The first-order valence-electron chi connectivity index (χ1n) is 12.1. The SMILES string of the molecule is CCOCC[N+](C)(C)CC(=O)c1ccc(-c2ccc(C(=O)C[N+](C)(C)CCOCC)cc2)cc1.[Br-].[Br-]. The van der Waals surface area contributed by atoms with Crippen molar-refractivity contribution in [2.45, 2.75) is 13.8 Å². The van der Waals surface area contributed by atoms with Gasteiger partial charge in [0.15, 0.2) is 0 Å². The van der Waals surface area contributed by atoms with Crippen molar-refractivity contribution in [2.24, 2.45) is 0 Å². The topological polar surface area (TPSA) is 52.6 Å². The fourth-order valence-electron chi connectivity index (χ4n) is 3.73. The summed E-state index contributed by atoms with van der Waals surface area (Å²) in [6.45, 7) is 9.09. The maximum Gasteiger partial charge on any atom is 0.216 e. The number of Topliss-reactive ketones (excluding diaryl/α,β-unsaturated/α-hetero) is 2.